The van der Waals surface area contributed by atoms with Crippen molar-refractivity contribution in [3.8, 4) is 11.5 Å². The normalized spacial score (nSPS) is 11.7. The van der Waals surface area contributed by atoms with Crippen molar-refractivity contribution < 1.29 is 19.1 Å². The second-order valence-corrected chi connectivity index (χ2v) is 8.50. The van der Waals surface area contributed by atoms with E-state index in [1.165, 1.54) is 4.90 Å². The van der Waals surface area contributed by atoms with Crippen LogP contribution in [0.5, 0.6) is 11.5 Å². The van der Waals surface area contributed by atoms with Gasteiger partial charge in [0.25, 0.3) is 0 Å². The Kier molecular flexibility index (Phi) is 10.1. The molecule has 2 amide bonds. The molecule has 0 spiro atoms. The minimum absolute atomic E-state index is 0.0382. The van der Waals surface area contributed by atoms with Gasteiger partial charge in [-0.2, -0.15) is 0 Å². The van der Waals surface area contributed by atoms with Crippen LogP contribution in [0.15, 0.2) is 42.5 Å². The van der Waals surface area contributed by atoms with Gasteiger partial charge in [-0.3, -0.25) is 9.59 Å². The molecule has 2 rings (SSSR count). The first-order valence-electron chi connectivity index (χ1n) is 10.5. The number of amides is 2. The lowest BCUT2D eigenvalue weighted by atomic mass is 10.1. The Labute approximate surface area is 199 Å². The highest BCUT2D eigenvalue weighted by Crippen LogP contribution is 2.27. The zero-order valence-electron chi connectivity index (χ0n) is 18.9. The molecule has 0 unspecified atom stereocenters. The number of hydrogen-bond acceptors (Lipinski definition) is 4. The first-order valence-corrected chi connectivity index (χ1v) is 11.3. The molecule has 8 heteroatoms. The van der Waals surface area contributed by atoms with E-state index in [2.05, 4.69) is 5.32 Å². The van der Waals surface area contributed by atoms with E-state index in [0.717, 1.165) is 5.75 Å². The summed E-state index contributed by atoms with van der Waals surface area (Å²) in [5, 5.41) is 3.76. The van der Waals surface area contributed by atoms with E-state index in [4.69, 9.17) is 32.7 Å². The maximum Gasteiger partial charge on any atom is 0.242 e. The molecule has 1 atom stereocenters. The molecule has 0 aliphatic rings. The number of methoxy groups -OCH3 is 1. The van der Waals surface area contributed by atoms with E-state index >= 15 is 0 Å². The van der Waals surface area contributed by atoms with Crippen LogP contribution in [-0.2, 0) is 16.1 Å². The maximum atomic E-state index is 13.1. The van der Waals surface area contributed by atoms with Crippen molar-refractivity contribution in [1.82, 2.24) is 10.2 Å². The largest absolute Gasteiger partial charge is 0.497 e. The number of carbonyl (C=O) groups excluding carboxylic acids is 2. The van der Waals surface area contributed by atoms with E-state index in [-0.39, 0.29) is 30.8 Å². The number of ether oxygens (including phenoxy) is 2. The summed E-state index contributed by atoms with van der Waals surface area (Å²) < 4.78 is 10.8. The number of nitrogens with zero attached hydrogens (tertiary/aromatic N) is 1. The first-order chi connectivity index (χ1) is 15.2. The fraction of sp³-hybridized carbons (Fsp3) is 0.417. The SMILES string of the molecule is COc1ccc(OCCCC(=O)N(Cc2c(Cl)cccc2Cl)[C@@H](C)C(=O)NC(C)C)cc1. The van der Waals surface area contributed by atoms with Crippen LogP contribution in [0.3, 0.4) is 0 Å². The van der Waals surface area contributed by atoms with Crippen LogP contribution < -0.4 is 14.8 Å². The summed E-state index contributed by atoms with van der Waals surface area (Å²) >= 11 is 12.6. The number of hydrogen-bond donors (Lipinski definition) is 1. The average molecular weight is 481 g/mol. The van der Waals surface area contributed by atoms with Crippen molar-refractivity contribution in [3.05, 3.63) is 58.1 Å². The zero-order valence-corrected chi connectivity index (χ0v) is 20.4. The molecule has 6 nitrogen and oxygen atoms in total. The second kappa shape index (κ2) is 12.6. The third-order valence-corrected chi connectivity index (χ3v) is 5.56. The number of rotatable bonds is 11. The van der Waals surface area contributed by atoms with Gasteiger partial charge in [0.2, 0.25) is 11.8 Å². The number of nitrogens with one attached hydrogen (secondary N) is 1. The standard InChI is InChI=1S/C24H30Cl2N2O4/c1-16(2)27-24(30)17(3)28(15-20-21(25)7-5-8-22(20)26)23(29)9-6-14-32-19-12-10-18(31-4)11-13-19/h5,7-8,10-13,16-17H,6,9,14-15H2,1-4H3,(H,27,30)/t17-/m0/s1. The second-order valence-electron chi connectivity index (χ2n) is 7.69. The van der Waals surface area contributed by atoms with Gasteiger partial charge < -0.3 is 19.7 Å². The molecule has 174 valence electrons. The van der Waals surface area contributed by atoms with Crippen LogP contribution >= 0.6 is 23.2 Å². The van der Waals surface area contributed by atoms with E-state index in [0.29, 0.717) is 34.4 Å². The summed E-state index contributed by atoms with van der Waals surface area (Å²) in [4.78, 5) is 27.2. The Morgan fingerprint density at radius 3 is 2.16 bits per heavy atom. The van der Waals surface area contributed by atoms with E-state index in [1.54, 1.807) is 32.2 Å². The molecule has 0 aliphatic heterocycles. The third kappa shape index (κ3) is 7.61. The third-order valence-electron chi connectivity index (χ3n) is 4.85. The minimum atomic E-state index is -0.681. The minimum Gasteiger partial charge on any atom is -0.497 e. The zero-order chi connectivity index (χ0) is 23.7. The van der Waals surface area contributed by atoms with Gasteiger partial charge >= 0.3 is 0 Å². The van der Waals surface area contributed by atoms with Gasteiger partial charge in [0.15, 0.2) is 0 Å². The lowest BCUT2D eigenvalue weighted by Gasteiger charge is -2.30. The van der Waals surface area contributed by atoms with Crippen LogP contribution in [-0.4, -0.2) is 42.5 Å². The summed E-state index contributed by atoms with van der Waals surface area (Å²) in [7, 11) is 1.60. The molecule has 0 saturated heterocycles. The molecule has 0 radical (unpaired) electrons. The molecule has 0 bridgehead atoms. The molecule has 0 heterocycles. The molecule has 32 heavy (non-hydrogen) atoms. The van der Waals surface area contributed by atoms with Gasteiger partial charge in [0.1, 0.15) is 17.5 Å². The molecular weight excluding hydrogens is 451 g/mol. The first kappa shape index (κ1) is 25.8. The summed E-state index contributed by atoms with van der Waals surface area (Å²) in [5.41, 5.74) is 0.614. The average Bonchev–Trinajstić information content (AvgIpc) is 2.76. The lowest BCUT2D eigenvalue weighted by Crippen LogP contribution is -2.49. The highest BCUT2D eigenvalue weighted by Gasteiger charge is 2.27. The van der Waals surface area contributed by atoms with Gasteiger partial charge in [-0.25, -0.2) is 0 Å². The van der Waals surface area contributed by atoms with Crippen LogP contribution in [0.25, 0.3) is 0 Å². The van der Waals surface area contributed by atoms with E-state index in [1.807, 2.05) is 38.1 Å². The monoisotopic (exact) mass is 480 g/mol. The Morgan fingerprint density at radius 1 is 1.00 bits per heavy atom. The summed E-state index contributed by atoms with van der Waals surface area (Å²) in [6, 6.07) is 11.7. The van der Waals surface area contributed by atoms with E-state index in [9.17, 15) is 9.59 Å². The van der Waals surface area contributed by atoms with Gasteiger partial charge in [-0.15, -0.1) is 0 Å². The van der Waals surface area contributed by atoms with Gasteiger partial charge in [0.05, 0.1) is 13.7 Å². The number of benzene rings is 2. The van der Waals surface area contributed by atoms with Gasteiger partial charge in [-0.05, 0) is 63.6 Å². The lowest BCUT2D eigenvalue weighted by molar-refractivity contribution is -0.141. The van der Waals surface area contributed by atoms with Crippen LogP contribution in [0.2, 0.25) is 10.0 Å². The molecule has 0 fully saturated rings. The molecule has 0 saturated carbocycles. The number of halogens is 2. The Morgan fingerprint density at radius 2 is 1.59 bits per heavy atom. The summed E-state index contributed by atoms with van der Waals surface area (Å²) in [5.74, 6) is 1.04. The van der Waals surface area contributed by atoms with Gasteiger partial charge in [0, 0.05) is 34.6 Å². The van der Waals surface area contributed by atoms with Crippen LogP contribution in [0.4, 0.5) is 0 Å². The Balaban J connectivity index is 2.04. The highest BCUT2D eigenvalue weighted by molar-refractivity contribution is 6.36. The molecule has 2 aromatic carbocycles. The van der Waals surface area contributed by atoms with Gasteiger partial charge in [-0.1, -0.05) is 29.3 Å². The fourth-order valence-electron chi connectivity index (χ4n) is 3.07. The molecular formula is C24H30Cl2N2O4. The topological polar surface area (TPSA) is 67.9 Å². The van der Waals surface area contributed by atoms with Crippen molar-refractivity contribution in [2.24, 2.45) is 0 Å². The smallest absolute Gasteiger partial charge is 0.242 e. The summed E-state index contributed by atoms with van der Waals surface area (Å²) in [6.45, 7) is 5.96. The van der Waals surface area contributed by atoms with Crippen molar-refractivity contribution in [2.75, 3.05) is 13.7 Å². The molecule has 0 aromatic heterocycles. The van der Waals surface area contributed by atoms with Crippen molar-refractivity contribution >= 4 is 35.0 Å². The summed E-state index contributed by atoms with van der Waals surface area (Å²) in [6.07, 6.45) is 0.716. The quantitative estimate of drug-likeness (QED) is 0.454. The number of carbonyl (C=O) groups is 2. The molecule has 0 aliphatic carbocycles. The predicted molar refractivity (Wildman–Crippen MR) is 127 cm³/mol. The van der Waals surface area contributed by atoms with Crippen LogP contribution in [0.1, 0.15) is 39.2 Å². The van der Waals surface area contributed by atoms with Crippen LogP contribution in [0, 0.1) is 0 Å². The van der Waals surface area contributed by atoms with E-state index < -0.39 is 6.04 Å². The Hall–Kier alpha value is -2.44. The Bertz CT molecular complexity index is 883. The predicted octanol–water partition coefficient (Wildman–Crippen LogP) is 5.10. The van der Waals surface area contributed by atoms with Crippen molar-refractivity contribution in [1.29, 1.82) is 0 Å². The highest BCUT2D eigenvalue weighted by atomic mass is 35.5. The molecule has 1 N–H and O–H groups in total. The van der Waals surface area contributed by atoms with Crippen molar-refractivity contribution in [2.45, 2.75) is 52.2 Å². The maximum absolute atomic E-state index is 13.1. The molecule has 2 aromatic rings. The fourth-order valence-corrected chi connectivity index (χ4v) is 3.59. The van der Waals surface area contributed by atoms with Crippen molar-refractivity contribution in [3.63, 3.8) is 0 Å².